The van der Waals surface area contributed by atoms with Gasteiger partial charge in [0.1, 0.15) is 5.58 Å². The van der Waals surface area contributed by atoms with Gasteiger partial charge in [0.15, 0.2) is 0 Å². The molecule has 0 atom stereocenters. The van der Waals surface area contributed by atoms with E-state index in [2.05, 4.69) is 54.1 Å². The summed E-state index contributed by atoms with van der Waals surface area (Å²) in [5, 5.41) is 1.79. The summed E-state index contributed by atoms with van der Waals surface area (Å²) in [5.41, 5.74) is 7.51. The Morgan fingerprint density at radius 2 is 1.51 bits per heavy atom. The van der Waals surface area contributed by atoms with Crippen LogP contribution in [0.5, 0.6) is 0 Å². The zero-order valence-electron chi connectivity index (χ0n) is 40.7. The second-order valence-electron chi connectivity index (χ2n) is 14.6. The average molecular weight is 905 g/mol. The third-order valence-corrected chi connectivity index (χ3v) is 10.4. The molecule has 8 aromatic rings. The molecule has 3 heterocycles. The Morgan fingerprint density at radius 3 is 2.25 bits per heavy atom. The zero-order valence-corrected chi connectivity index (χ0v) is 33.1. The molecule has 55 heavy (non-hydrogen) atoms. The smallest absolute Gasteiger partial charge is 0.120 e. The van der Waals surface area contributed by atoms with E-state index in [4.69, 9.17) is 16.8 Å². The standard InChI is InChI=1S/C39H36NO.C12H10N.Ir/c1-25-21-29(28-17-19-39(3,4)20-18-28)13-15-31(25)34-23-36(40-24-26(34)2)33-12-8-11-32-35-22-30(27-9-6-5-7-10-27)14-16-37(35)41-38(32)33;1-10-7-8-12(13-9-10)11-5-3-2-4-6-11;/h5-11,13-16,21-24,28H,17-20H2,1-4H3;2-5,7-9H,1H3;/q2*-1;/i1D3,2D3,28D;1D3;. The van der Waals surface area contributed by atoms with Crippen LogP contribution in [0, 0.1) is 38.1 Å². The maximum atomic E-state index is 9.29. The minimum Gasteiger partial charge on any atom is -0.501 e. The van der Waals surface area contributed by atoms with Gasteiger partial charge in [-0.25, -0.2) is 0 Å². The first-order chi connectivity index (χ1) is 30.2. The van der Waals surface area contributed by atoms with E-state index in [1.807, 2.05) is 54.6 Å². The van der Waals surface area contributed by atoms with Gasteiger partial charge in [-0.1, -0.05) is 97.6 Å². The molecule has 1 saturated carbocycles. The number of pyridine rings is 2. The van der Waals surface area contributed by atoms with E-state index in [1.165, 1.54) is 12.4 Å². The van der Waals surface area contributed by atoms with E-state index >= 15 is 0 Å². The average Bonchev–Trinajstić information content (AvgIpc) is 3.65. The van der Waals surface area contributed by atoms with Gasteiger partial charge < -0.3 is 14.4 Å². The van der Waals surface area contributed by atoms with Gasteiger partial charge in [-0.2, -0.15) is 0 Å². The molecular weight excluding hydrogens is 849 g/mol. The van der Waals surface area contributed by atoms with Crippen LogP contribution in [-0.2, 0) is 20.1 Å². The predicted molar refractivity (Wildman–Crippen MR) is 224 cm³/mol. The molecule has 1 aliphatic rings. The first-order valence-corrected chi connectivity index (χ1v) is 18.2. The maximum Gasteiger partial charge on any atom is 0.120 e. The number of aryl methyl sites for hydroxylation is 3. The minimum atomic E-state index is -2.56. The normalized spacial score (nSPS) is 17.9. The number of nitrogens with zero attached hydrogens (tertiary/aromatic N) is 2. The van der Waals surface area contributed by atoms with Crippen molar-refractivity contribution < 1.29 is 38.2 Å². The fourth-order valence-electron chi connectivity index (χ4n) is 7.18. The molecule has 0 bridgehead atoms. The van der Waals surface area contributed by atoms with Gasteiger partial charge in [-0.15, -0.1) is 54.1 Å². The van der Waals surface area contributed by atoms with Gasteiger partial charge in [-0.3, -0.25) is 0 Å². The van der Waals surface area contributed by atoms with Gasteiger partial charge >= 0.3 is 0 Å². The van der Waals surface area contributed by atoms with E-state index in [1.54, 1.807) is 48.5 Å². The van der Waals surface area contributed by atoms with Gasteiger partial charge in [0.05, 0.1) is 5.58 Å². The molecule has 1 aliphatic carbocycles. The van der Waals surface area contributed by atoms with Crippen molar-refractivity contribution in [3.63, 3.8) is 0 Å². The van der Waals surface area contributed by atoms with Crippen LogP contribution >= 0.6 is 0 Å². The summed E-state index contributed by atoms with van der Waals surface area (Å²) in [6.45, 7) is -2.79. The molecule has 1 radical (unpaired) electrons. The molecule has 0 spiro atoms. The quantitative estimate of drug-likeness (QED) is 0.162. The van der Waals surface area contributed by atoms with Crippen molar-refractivity contribution >= 4 is 21.9 Å². The van der Waals surface area contributed by atoms with Crippen molar-refractivity contribution in [3.05, 3.63) is 168 Å². The number of benzene rings is 5. The Labute approximate surface area is 353 Å². The summed E-state index contributed by atoms with van der Waals surface area (Å²) < 4.78 is 87.8. The SMILES string of the molecule is [2H]C([2H])([2H])c1ccc(-c2[c-]cccc2)nc1.[2H]C([2H])([2H])c1cnc(-c2[c-]ccc3c2oc2ccc(-c4ccccc4)cc23)cc1-c1ccc(C2([2H])CCC(C)(C)CC2)cc1C([2H])([2H])[2H].[Ir]. The van der Waals surface area contributed by atoms with Crippen molar-refractivity contribution in [2.24, 2.45) is 5.41 Å². The Kier molecular flexibility index (Phi) is 8.13. The Morgan fingerprint density at radius 1 is 0.691 bits per heavy atom. The largest absolute Gasteiger partial charge is 0.501 e. The second-order valence-corrected chi connectivity index (χ2v) is 14.6. The van der Waals surface area contributed by atoms with Crippen LogP contribution < -0.4 is 0 Å². The van der Waals surface area contributed by atoms with E-state index in [-0.39, 0.29) is 53.3 Å². The second kappa shape index (κ2) is 16.3. The monoisotopic (exact) mass is 905 g/mol. The van der Waals surface area contributed by atoms with Crippen LogP contribution in [0.1, 0.15) is 81.4 Å². The van der Waals surface area contributed by atoms with Crippen molar-refractivity contribution in [2.45, 2.75) is 66.0 Å². The number of rotatable bonds is 5. The van der Waals surface area contributed by atoms with Crippen LogP contribution in [-0.4, -0.2) is 9.97 Å². The third kappa shape index (κ3) is 8.27. The molecule has 0 unspecified atom stereocenters. The summed E-state index contributed by atoms with van der Waals surface area (Å²) in [5.74, 6) is -0.906. The van der Waals surface area contributed by atoms with Crippen LogP contribution in [0.15, 0.2) is 138 Å². The van der Waals surface area contributed by atoms with Crippen molar-refractivity contribution in [1.29, 1.82) is 0 Å². The van der Waals surface area contributed by atoms with E-state index < -0.39 is 26.4 Å². The minimum absolute atomic E-state index is 0. The van der Waals surface area contributed by atoms with E-state index in [9.17, 15) is 1.37 Å². The third-order valence-electron chi connectivity index (χ3n) is 10.4. The molecule has 0 N–H and O–H groups in total. The Balaban J connectivity index is 0.000000313. The van der Waals surface area contributed by atoms with Crippen LogP contribution in [0.2, 0.25) is 0 Å². The fourth-order valence-corrected chi connectivity index (χ4v) is 7.18. The Hall–Kier alpha value is -5.15. The summed E-state index contributed by atoms with van der Waals surface area (Å²) >= 11 is 0. The number of hydrogen-bond donors (Lipinski definition) is 0. The van der Waals surface area contributed by atoms with Crippen molar-refractivity contribution in [1.82, 2.24) is 9.97 Å². The summed E-state index contributed by atoms with van der Waals surface area (Å²) in [6.07, 6.45) is 5.70. The molecule has 277 valence electrons. The molecule has 4 heteroatoms. The molecule has 0 saturated heterocycles. The van der Waals surface area contributed by atoms with Crippen molar-refractivity contribution in [3.8, 4) is 44.8 Å². The van der Waals surface area contributed by atoms with Gasteiger partial charge in [0.2, 0.25) is 0 Å². The number of furan rings is 1. The number of hydrogen-bond acceptors (Lipinski definition) is 3. The van der Waals surface area contributed by atoms with Gasteiger partial charge in [0.25, 0.3) is 0 Å². The maximum absolute atomic E-state index is 9.29. The molecule has 0 aliphatic heterocycles. The fraction of sp³-hybridized carbons (Fsp3) is 0.216. The molecule has 5 aromatic carbocycles. The molecular formula is C51H46IrN2O-2. The van der Waals surface area contributed by atoms with E-state index in [0.29, 0.717) is 40.8 Å². The van der Waals surface area contributed by atoms with Crippen LogP contribution in [0.4, 0.5) is 0 Å². The van der Waals surface area contributed by atoms with Crippen molar-refractivity contribution in [2.75, 3.05) is 0 Å². The topological polar surface area (TPSA) is 38.9 Å². The first-order valence-electron chi connectivity index (χ1n) is 23.2. The number of aromatic nitrogens is 2. The Bertz CT molecular complexity index is 2930. The molecule has 1 fully saturated rings. The summed E-state index contributed by atoms with van der Waals surface area (Å²) in [4.78, 5) is 8.70. The first kappa shape index (κ1) is 27.4. The molecule has 0 amide bonds. The molecule has 3 nitrogen and oxygen atoms in total. The van der Waals surface area contributed by atoms with Crippen LogP contribution in [0.3, 0.4) is 0 Å². The summed E-state index contributed by atoms with van der Waals surface area (Å²) in [7, 11) is 0. The zero-order chi connectivity index (χ0) is 45.7. The molecule has 9 rings (SSSR count). The van der Waals surface area contributed by atoms with Gasteiger partial charge in [0, 0.05) is 51.6 Å². The molecule has 3 aromatic heterocycles. The van der Waals surface area contributed by atoms with Gasteiger partial charge in [-0.05, 0) is 126 Å². The summed E-state index contributed by atoms with van der Waals surface area (Å²) in [6, 6.07) is 43.6. The predicted octanol–water partition coefficient (Wildman–Crippen LogP) is 13.9. The van der Waals surface area contributed by atoms with Crippen LogP contribution in [0.25, 0.3) is 66.7 Å². The van der Waals surface area contributed by atoms with E-state index in [0.717, 1.165) is 46.0 Å². The number of fused-ring (bicyclic) bond motifs is 3.